The van der Waals surface area contributed by atoms with Crippen LogP contribution in [-0.2, 0) is 9.84 Å². The molecule has 0 heterocycles. The second-order valence-corrected chi connectivity index (χ2v) is 6.42. The molecule has 1 aromatic rings. The first-order valence-electron chi connectivity index (χ1n) is 4.81. The smallest absolute Gasteiger partial charge is 0.179 e. The summed E-state index contributed by atoms with van der Waals surface area (Å²) in [6.07, 6.45) is 1.86. The van der Waals surface area contributed by atoms with Gasteiger partial charge in [0.2, 0.25) is 0 Å². The Hall–Kier alpha value is -1.21. The highest BCUT2D eigenvalue weighted by atomic mass is 32.2. The number of hydrogen-bond donors (Lipinski definition) is 2. The standard InChI is InChI=1S/C10H14N2O3S2/c1-16-6-7-17(14,15)9-4-2-8(3-5-9)10(11)12-13/h2-5,13H,6-7H2,1H3,(H2,11,12). The van der Waals surface area contributed by atoms with Crippen molar-refractivity contribution in [1.82, 2.24) is 0 Å². The van der Waals surface area contributed by atoms with E-state index < -0.39 is 9.84 Å². The van der Waals surface area contributed by atoms with Crippen LogP contribution in [0.4, 0.5) is 0 Å². The van der Waals surface area contributed by atoms with Crippen LogP contribution in [0.5, 0.6) is 0 Å². The number of benzene rings is 1. The van der Waals surface area contributed by atoms with E-state index in [0.29, 0.717) is 11.3 Å². The number of thioether (sulfide) groups is 1. The number of nitrogens with two attached hydrogens (primary N) is 1. The van der Waals surface area contributed by atoms with Crippen molar-refractivity contribution < 1.29 is 13.6 Å². The van der Waals surface area contributed by atoms with Crippen LogP contribution in [0.3, 0.4) is 0 Å². The average molecular weight is 274 g/mol. The van der Waals surface area contributed by atoms with Crippen LogP contribution in [0.25, 0.3) is 0 Å². The van der Waals surface area contributed by atoms with Gasteiger partial charge >= 0.3 is 0 Å². The summed E-state index contributed by atoms with van der Waals surface area (Å²) in [4.78, 5) is 0.251. The Balaban J connectivity index is 2.95. The Morgan fingerprint density at radius 3 is 2.47 bits per heavy atom. The Morgan fingerprint density at radius 1 is 1.41 bits per heavy atom. The van der Waals surface area contributed by atoms with E-state index in [1.54, 1.807) is 0 Å². The van der Waals surface area contributed by atoms with Crippen molar-refractivity contribution in [2.45, 2.75) is 4.90 Å². The summed E-state index contributed by atoms with van der Waals surface area (Å²) in [7, 11) is -3.24. The van der Waals surface area contributed by atoms with Crippen molar-refractivity contribution in [2.75, 3.05) is 17.8 Å². The molecular weight excluding hydrogens is 260 g/mol. The molecule has 0 fully saturated rings. The molecule has 0 aliphatic carbocycles. The molecule has 5 nitrogen and oxygen atoms in total. The molecule has 0 spiro atoms. The van der Waals surface area contributed by atoms with Crippen molar-refractivity contribution in [3.8, 4) is 0 Å². The maximum Gasteiger partial charge on any atom is 0.179 e. The summed E-state index contributed by atoms with van der Waals surface area (Å²) in [5.41, 5.74) is 5.86. The number of hydrogen-bond acceptors (Lipinski definition) is 5. The van der Waals surface area contributed by atoms with Crippen molar-refractivity contribution in [3.63, 3.8) is 0 Å². The maximum absolute atomic E-state index is 11.8. The van der Waals surface area contributed by atoms with E-state index in [9.17, 15) is 8.42 Å². The first-order chi connectivity index (χ1) is 8.01. The largest absolute Gasteiger partial charge is 0.409 e. The van der Waals surface area contributed by atoms with E-state index in [2.05, 4.69) is 5.16 Å². The van der Waals surface area contributed by atoms with E-state index in [4.69, 9.17) is 10.9 Å². The Labute approximate surface area is 105 Å². The average Bonchev–Trinajstić information content (AvgIpc) is 2.35. The van der Waals surface area contributed by atoms with E-state index in [0.717, 1.165) is 0 Å². The monoisotopic (exact) mass is 274 g/mol. The minimum absolute atomic E-state index is 0.0435. The highest BCUT2D eigenvalue weighted by Crippen LogP contribution is 2.13. The third kappa shape index (κ3) is 3.64. The fraction of sp³-hybridized carbons (Fsp3) is 0.300. The third-order valence-electron chi connectivity index (χ3n) is 2.17. The molecule has 0 aliphatic heterocycles. The van der Waals surface area contributed by atoms with E-state index in [-0.39, 0.29) is 16.5 Å². The maximum atomic E-state index is 11.8. The Bertz CT molecular complexity index is 495. The number of sulfone groups is 1. The topological polar surface area (TPSA) is 92.8 Å². The molecule has 94 valence electrons. The van der Waals surface area contributed by atoms with Gasteiger partial charge in [0.15, 0.2) is 15.7 Å². The van der Waals surface area contributed by atoms with Crippen LogP contribution >= 0.6 is 11.8 Å². The Morgan fingerprint density at radius 2 is 2.00 bits per heavy atom. The zero-order valence-corrected chi connectivity index (χ0v) is 11.0. The molecule has 0 unspecified atom stereocenters. The van der Waals surface area contributed by atoms with Crippen LogP contribution in [0.1, 0.15) is 5.56 Å². The lowest BCUT2D eigenvalue weighted by Gasteiger charge is -2.04. The summed E-state index contributed by atoms with van der Waals surface area (Å²) in [6, 6.07) is 5.95. The minimum atomic E-state index is -3.24. The fourth-order valence-electron chi connectivity index (χ4n) is 1.20. The molecule has 17 heavy (non-hydrogen) atoms. The lowest BCUT2D eigenvalue weighted by atomic mass is 10.2. The van der Waals surface area contributed by atoms with Gasteiger partial charge in [-0.2, -0.15) is 11.8 Å². The first kappa shape index (κ1) is 13.9. The number of amidine groups is 1. The molecule has 0 amide bonds. The van der Waals surface area contributed by atoms with Gasteiger partial charge < -0.3 is 10.9 Å². The van der Waals surface area contributed by atoms with Crippen molar-refractivity contribution in [1.29, 1.82) is 0 Å². The van der Waals surface area contributed by atoms with E-state index in [1.807, 2.05) is 6.26 Å². The predicted molar refractivity (Wildman–Crippen MR) is 69.4 cm³/mol. The highest BCUT2D eigenvalue weighted by molar-refractivity contribution is 8.00. The second kappa shape index (κ2) is 5.92. The minimum Gasteiger partial charge on any atom is -0.409 e. The fourth-order valence-corrected chi connectivity index (χ4v) is 3.53. The first-order valence-corrected chi connectivity index (χ1v) is 7.85. The number of nitrogens with zero attached hydrogens (tertiary/aromatic N) is 1. The summed E-state index contributed by atoms with van der Waals surface area (Å²) in [5.74, 6) is 0.625. The van der Waals surface area contributed by atoms with Gasteiger partial charge in [0.25, 0.3) is 0 Å². The normalized spacial score (nSPS) is 12.6. The van der Waals surface area contributed by atoms with Crippen LogP contribution in [0.15, 0.2) is 34.3 Å². The van der Waals surface area contributed by atoms with Crippen molar-refractivity contribution in [3.05, 3.63) is 29.8 Å². The second-order valence-electron chi connectivity index (χ2n) is 3.32. The predicted octanol–water partition coefficient (Wildman–Crippen LogP) is 0.918. The van der Waals surface area contributed by atoms with Crippen molar-refractivity contribution in [2.24, 2.45) is 10.9 Å². The zero-order valence-electron chi connectivity index (χ0n) is 9.33. The number of rotatable bonds is 5. The van der Waals surface area contributed by atoms with Crippen LogP contribution in [0, 0.1) is 0 Å². The van der Waals surface area contributed by atoms with Gasteiger partial charge in [0.1, 0.15) is 0 Å². The molecule has 0 saturated heterocycles. The lowest BCUT2D eigenvalue weighted by Crippen LogP contribution is -2.14. The Kier molecular flexibility index (Phi) is 4.83. The SMILES string of the molecule is CSCCS(=O)(=O)c1ccc(/C(N)=N/O)cc1. The van der Waals surface area contributed by atoms with Crippen LogP contribution in [-0.4, -0.2) is 37.2 Å². The van der Waals surface area contributed by atoms with Gasteiger partial charge in [0, 0.05) is 11.3 Å². The van der Waals surface area contributed by atoms with E-state index >= 15 is 0 Å². The summed E-state index contributed by atoms with van der Waals surface area (Å²) < 4.78 is 23.6. The number of oxime groups is 1. The van der Waals surface area contributed by atoms with Gasteiger partial charge in [0.05, 0.1) is 10.6 Å². The highest BCUT2D eigenvalue weighted by Gasteiger charge is 2.13. The zero-order chi connectivity index (χ0) is 12.9. The molecule has 1 aromatic carbocycles. The molecule has 0 radical (unpaired) electrons. The van der Waals surface area contributed by atoms with Crippen LogP contribution < -0.4 is 5.73 Å². The molecule has 0 aromatic heterocycles. The van der Waals surface area contributed by atoms with Crippen molar-refractivity contribution >= 4 is 27.4 Å². The molecule has 0 bridgehead atoms. The van der Waals surface area contributed by atoms with Gasteiger partial charge in [-0.1, -0.05) is 5.16 Å². The van der Waals surface area contributed by atoms with Gasteiger partial charge in [-0.25, -0.2) is 8.42 Å². The van der Waals surface area contributed by atoms with Gasteiger partial charge in [-0.15, -0.1) is 0 Å². The van der Waals surface area contributed by atoms with Crippen LogP contribution in [0.2, 0.25) is 0 Å². The molecule has 0 saturated carbocycles. The molecule has 0 aliphatic rings. The lowest BCUT2D eigenvalue weighted by molar-refractivity contribution is 0.318. The molecule has 1 rings (SSSR count). The summed E-state index contributed by atoms with van der Waals surface area (Å²) >= 11 is 1.48. The quantitative estimate of drug-likeness (QED) is 0.360. The molecule has 3 N–H and O–H groups in total. The molecular formula is C10H14N2O3S2. The summed E-state index contributed by atoms with van der Waals surface area (Å²) in [6.45, 7) is 0. The molecule has 0 atom stereocenters. The van der Waals surface area contributed by atoms with E-state index in [1.165, 1.54) is 36.0 Å². The van der Waals surface area contributed by atoms with Gasteiger partial charge in [-0.3, -0.25) is 0 Å². The molecule has 7 heteroatoms. The third-order valence-corrected chi connectivity index (χ3v) is 4.78. The van der Waals surface area contributed by atoms with Gasteiger partial charge in [-0.05, 0) is 30.5 Å². The summed E-state index contributed by atoms with van der Waals surface area (Å²) in [5, 5.41) is 11.3.